The van der Waals surface area contributed by atoms with Gasteiger partial charge in [0, 0.05) is 74.8 Å². The topological polar surface area (TPSA) is 225 Å². The molecule has 0 bridgehead atoms. The number of nitriles is 1. The predicted molar refractivity (Wildman–Crippen MR) is 283 cm³/mol. The molecule has 1 saturated carbocycles. The van der Waals surface area contributed by atoms with Crippen molar-refractivity contribution in [2.75, 3.05) is 107 Å². The summed E-state index contributed by atoms with van der Waals surface area (Å²) in [7, 11) is 0. The number of nitrogens with one attached hydrogen (secondary N) is 2. The Balaban J connectivity index is 0.596. The lowest BCUT2D eigenvalue weighted by Gasteiger charge is -2.36. The highest BCUT2D eigenvalue weighted by molar-refractivity contribution is 6.31. The highest BCUT2D eigenvalue weighted by atomic mass is 35.5. The number of hydrogen-bond acceptors (Lipinski definition) is 18. The standard InChI is InChI=1S/C54H72ClN11O9/c1-2-40-38-59-66-50(34-51(61-53(40)66)65-19-4-3-5-43(65)18-22-67)57-36-39-6-15-52(58-37-39)74-32-30-72-28-26-70-24-23-69-25-27-71-29-31-73-44-16-20-64(21-17-44)49-14-13-48(62-63-49)54(68)60-42-8-11-45(12-9-42)75-46-10-7-41(35-56)47(55)33-46/h6-7,10,13-15,33-34,37-38,42-45,57,67H,2-5,8-9,11-12,16-32,36H2,1H3,(H,60,68)/t42?,43-,45?/m0/s1. The molecule has 4 aromatic heterocycles. The lowest BCUT2D eigenvalue weighted by atomic mass is 9.93. The number of fused-ring (bicyclic) bond motifs is 1. The lowest BCUT2D eigenvalue weighted by molar-refractivity contribution is -0.0273. The summed E-state index contributed by atoms with van der Waals surface area (Å²) < 4.78 is 42.5. The van der Waals surface area contributed by atoms with E-state index >= 15 is 0 Å². The van der Waals surface area contributed by atoms with E-state index in [1.807, 2.05) is 35.1 Å². The first-order valence-corrected chi connectivity index (χ1v) is 27.0. The van der Waals surface area contributed by atoms with Crippen molar-refractivity contribution in [3.8, 4) is 17.7 Å². The third-order valence-electron chi connectivity index (χ3n) is 13.8. The number of carbonyl (C=O) groups is 1. The summed E-state index contributed by atoms with van der Waals surface area (Å²) >= 11 is 6.15. The van der Waals surface area contributed by atoms with E-state index in [9.17, 15) is 9.90 Å². The molecule has 404 valence electrons. The molecule has 0 spiro atoms. The third-order valence-corrected chi connectivity index (χ3v) is 14.1. The molecule has 2 saturated heterocycles. The zero-order chi connectivity index (χ0) is 52.0. The SMILES string of the molecule is CCc1cnn2c(NCc3ccc(OCCOCCOCCOCCOCCOC4CCN(c5ccc(C(=O)NC6CCC(Oc7ccc(C#N)c(Cl)c7)CC6)nn5)CC4)nc3)cc(N3CCCC[C@H]3CCO)nc12. The van der Waals surface area contributed by atoms with Crippen molar-refractivity contribution in [2.24, 2.45) is 0 Å². The van der Waals surface area contributed by atoms with Crippen LogP contribution >= 0.6 is 11.6 Å². The lowest BCUT2D eigenvalue weighted by Crippen LogP contribution is -2.40. The molecular weight excluding hydrogens is 982 g/mol. The van der Waals surface area contributed by atoms with Crippen molar-refractivity contribution < 1.29 is 43.1 Å². The molecule has 1 atom stereocenters. The zero-order valence-corrected chi connectivity index (χ0v) is 43.8. The second-order valence-corrected chi connectivity index (χ2v) is 19.3. The molecule has 75 heavy (non-hydrogen) atoms. The number of pyridine rings is 1. The molecule has 21 heteroatoms. The van der Waals surface area contributed by atoms with Crippen LogP contribution in [0, 0.1) is 11.3 Å². The number of carbonyl (C=O) groups excluding carboxylic acids is 1. The number of halogens is 1. The fourth-order valence-corrected chi connectivity index (χ4v) is 9.82. The van der Waals surface area contributed by atoms with Crippen LogP contribution in [0.2, 0.25) is 5.02 Å². The summed E-state index contributed by atoms with van der Waals surface area (Å²) in [5.74, 6) is 3.48. The van der Waals surface area contributed by atoms with Crippen LogP contribution in [-0.4, -0.2) is 157 Å². The van der Waals surface area contributed by atoms with E-state index < -0.39 is 0 Å². The summed E-state index contributed by atoms with van der Waals surface area (Å²) in [6, 6.07) is 17.0. The minimum atomic E-state index is -0.228. The molecule has 3 N–H and O–H groups in total. The number of piperidine rings is 2. The summed E-state index contributed by atoms with van der Waals surface area (Å²) in [5.41, 5.74) is 3.67. The van der Waals surface area contributed by atoms with E-state index in [-0.39, 0.29) is 36.8 Å². The van der Waals surface area contributed by atoms with Crippen molar-refractivity contribution >= 4 is 40.6 Å². The Hall–Kier alpha value is -5.92. The fraction of sp³-hybridized carbons (Fsp3) is 0.574. The maximum absolute atomic E-state index is 13.0. The van der Waals surface area contributed by atoms with Crippen LogP contribution in [0.5, 0.6) is 11.6 Å². The molecule has 3 fully saturated rings. The first-order valence-electron chi connectivity index (χ1n) is 26.6. The van der Waals surface area contributed by atoms with Crippen LogP contribution in [0.3, 0.4) is 0 Å². The Morgan fingerprint density at radius 1 is 0.800 bits per heavy atom. The van der Waals surface area contributed by atoms with Gasteiger partial charge >= 0.3 is 0 Å². The quantitative estimate of drug-likeness (QED) is 0.0429. The summed E-state index contributed by atoms with van der Waals surface area (Å²) in [5, 5.41) is 39.1. The first kappa shape index (κ1) is 55.3. The third kappa shape index (κ3) is 16.5. The number of nitrogens with zero attached hydrogens (tertiary/aromatic N) is 9. The molecule has 1 aromatic carbocycles. The molecule has 0 unspecified atom stereocenters. The van der Waals surface area contributed by atoms with Crippen LogP contribution in [-0.2, 0) is 36.6 Å². The molecule has 6 heterocycles. The van der Waals surface area contributed by atoms with Crippen LogP contribution in [0.25, 0.3) is 5.65 Å². The fourth-order valence-electron chi connectivity index (χ4n) is 9.61. The van der Waals surface area contributed by atoms with Gasteiger partial charge in [-0.3, -0.25) is 4.79 Å². The van der Waals surface area contributed by atoms with E-state index in [4.69, 9.17) is 55.0 Å². The Morgan fingerprint density at radius 3 is 2.21 bits per heavy atom. The number of anilines is 3. The highest BCUT2D eigenvalue weighted by Crippen LogP contribution is 2.30. The van der Waals surface area contributed by atoms with Crippen LogP contribution < -0.4 is 29.9 Å². The first-order chi connectivity index (χ1) is 36.9. The smallest absolute Gasteiger partial charge is 0.272 e. The molecule has 1 aliphatic carbocycles. The van der Waals surface area contributed by atoms with Gasteiger partial charge in [0.25, 0.3) is 5.91 Å². The van der Waals surface area contributed by atoms with Crippen LogP contribution in [0.15, 0.2) is 60.9 Å². The monoisotopic (exact) mass is 1050 g/mol. The summed E-state index contributed by atoms with van der Waals surface area (Å²) in [4.78, 5) is 27.0. The van der Waals surface area contributed by atoms with Gasteiger partial charge in [0.05, 0.1) is 88.5 Å². The van der Waals surface area contributed by atoms with Crippen molar-refractivity contribution in [3.05, 3.63) is 88.3 Å². The Morgan fingerprint density at radius 2 is 1.55 bits per heavy atom. The number of aliphatic hydroxyl groups excluding tert-OH is 1. The van der Waals surface area contributed by atoms with Gasteiger partial charge in [0.15, 0.2) is 17.2 Å². The Bertz CT molecular complexity index is 2550. The number of rotatable bonds is 29. The Labute approximate surface area is 444 Å². The minimum absolute atomic E-state index is 0.0235. The van der Waals surface area contributed by atoms with Gasteiger partial charge in [-0.1, -0.05) is 24.6 Å². The van der Waals surface area contributed by atoms with Crippen molar-refractivity contribution in [1.29, 1.82) is 5.26 Å². The molecule has 1 amide bonds. The highest BCUT2D eigenvalue weighted by Gasteiger charge is 2.27. The molecule has 20 nitrogen and oxygen atoms in total. The van der Waals surface area contributed by atoms with Crippen LogP contribution in [0.1, 0.15) is 98.3 Å². The number of amides is 1. The maximum atomic E-state index is 13.0. The normalized spacial score (nSPS) is 18.2. The van der Waals surface area contributed by atoms with E-state index in [0.29, 0.717) is 101 Å². The number of aryl methyl sites for hydroxylation is 1. The van der Waals surface area contributed by atoms with Gasteiger partial charge in [0.2, 0.25) is 5.88 Å². The van der Waals surface area contributed by atoms with E-state index in [0.717, 1.165) is 118 Å². The number of ether oxygens (including phenoxy) is 7. The molecular formula is C54H72ClN11O9. The molecule has 8 rings (SSSR count). The molecule has 2 aliphatic heterocycles. The zero-order valence-electron chi connectivity index (χ0n) is 43.1. The van der Waals surface area contributed by atoms with Gasteiger partial charge in [-0.25, -0.2) is 9.97 Å². The average Bonchev–Trinajstić information content (AvgIpc) is 3.87. The van der Waals surface area contributed by atoms with Gasteiger partial charge in [0.1, 0.15) is 30.1 Å². The van der Waals surface area contributed by atoms with Crippen molar-refractivity contribution in [1.82, 2.24) is 35.1 Å². The number of benzene rings is 1. The number of aliphatic hydroxyl groups is 1. The molecule has 0 radical (unpaired) electrons. The molecule has 3 aliphatic rings. The summed E-state index contributed by atoms with van der Waals surface area (Å²) in [6.45, 7) is 9.94. The van der Waals surface area contributed by atoms with E-state index in [1.54, 1.807) is 24.3 Å². The number of aromatic nitrogens is 6. The van der Waals surface area contributed by atoms with Crippen molar-refractivity contribution in [3.63, 3.8) is 0 Å². The van der Waals surface area contributed by atoms with Crippen molar-refractivity contribution in [2.45, 2.75) is 108 Å². The average molecular weight is 1050 g/mol. The maximum Gasteiger partial charge on any atom is 0.272 e. The minimum Gasteiger partial charge on any atom is -0.490 e. The van der Waals surface area contributed by atoms with E-state index in [2.05, 4.69) is 59.8 Å². The van der Waals surface area contributed by atoms with Gasteiger partial charge in [-0.05, 0) is 100 Å². The molecule has 5 aromatic rings. The second kappa shape index (κ2) is 29.4. The number of hydrogen-bond donors (Lipinski definition) is 3. The van der Waals surface area contributed by atoms with Gasteiger partial charge in [-0.15, -0.1) is 10.2 Å². The van der Waals surface area contributed by atoms with Gasteiger partial charge in [-0.2, -0.15) is 14.9 Å². The summed E-state index contributed by atoms with van der Waals surface area (Å²) in [6.07, 6.45) is 13.7. The van der Waals surface area contributed by atoms with Crippen LogP contribution in [0.4, 0.5) is 17.5 Å². The largest absolute Gasteiger partial charge is 0.490 e. The van der Waals surface area contributed by atoms with Gasteiger partial charge < -0.3 is 58.7 Å². The second-order valence-electron chi connectivity index (χ2n) is 18.9. The van der Waals surface area contributed by atoms with E-state index in [1.165, 1.54) is 6.42 Å². The predicted octanol–water partition coefficient (Wildman–Crippen LogP) is 6.61. The Kier molecular flexibility index (Phi) is 21.7.